The lowest BCUT2D eigenvalue weighted by Crippen LogP contribution is -2.39. The minimum Gasteiger partial charge on any atom is -0.497 e. The number of carbonyl (C=O) groups excluding carboxylic acids is 1. The Morgan fingerprint density at radius 1 is 1.06 bits per heavy atom. The smallest absolute Gasteiger partial charge is 0.229 e. The number of methoxy groups -OCH3 is 1. The number of fused-ring (bicyclic) bond motifs is 1. The minimum atomic E-state index is -3.54. The Kier molecular flexibility index (Phi) is 8.22. The van der Waals surface area contributed by atoms with Crippen molar-refractivity contribution in [1.82, 2.24) is 9.88 Å². The Morgan fingerprint density at radius 3 is 2.44 bits per heavy atom. The van der Waals surface area contributed by atoms with Crippen molar-refractivity contribution in [3.63, 3.8) is 0 Å². The molecule has 1 heterocycles. The van der Waals surface area contributed by atoms with Gasteiger partial charge in [-0.3, -0.25) is 9.69 Å². The monoisotopic (exact) mass is 475 g/mol. The Balaban J connectivity index is 1.82. The van der Waals surface area contributed by atoms with Crippen LogP contribution in [0.5, 0.6) is 5.75 Å². The maximum Gasteiger partial charge on any atom is 0.229 e. The highest BCUT2D eigenvalue weighted by Gasteiger charge is 2.23. The molecule has 32 heavy (non-hydrogen) atoms. The van der Waals surface area contributed by atoms with Crippen LogP contribution in [0.3, 0.4) is 0 Å². The molecule has 0 atom stereocenters. The van der Waals surface area contributed by atoms with Gasteiger partial charge in [-0.2, -0.15) is 0 Å². The number of aromatic nitrogens is 1. The molecule has 0 radical (unpaired) electrons. The average Bonchev–Trinajstić information content (AvgIpc) is 3.23. The van der Waals surface area contributed by atoms with Gasteiger partial charge in [0.2, 0.25) is 5.91 Å². The van der Waals surface area contributed by atoms with E-state index in [0.717, 1.165) is 23.3 Å². The third-order valence-corrected chi connectivity index (χ3v) is 8.13. The maximum absolute atomic E-state index is 13.2. The summed E-state index contributed by atoms with van der Waals surface area (Å²) < 4.78 is 31.5. The molecular weight excluding hydrogens is 446 g/mol. The standard InChI is InChI=1S/C23H29N3O4S2/c1-4-25(5-2)14-15-26(23-24-20-17-18(30-3)11-12-21(20)31-23)22(27)13-16-32(28,29)19-9-7-6-8-10-19/h6-12,17H,4-5,13-16H2,1-3H3. The predicted molar refractivity (Wildman–Crippen MR) is 129 cm³/mol. The quantitative estimate of drug-likeness (QED) is 0.419. The summed E-state index contributed by atoms with van der Waals surface area (Å²) in [4.78, 5) is 21.9. The summed E-state index contributed by atoms with van der Waals surface area (Å²) in [6, 6.07) is 13.9. The number of nitrogens with zero attached hydrogens (tertiary/aromatic N) is 3. The highest BCUT2D eigenvalue weighted by molar-refractivity contribution is 7.91. The van der Waals surface area contributed by atoms with Crippen molar-refractivity contribution >= 4 is 42.4 Å². The lowest BCUT2D eigenvalue weighted by molar-refractivity contribution is -0.118. The largest absolute Gasteiger partial charge is 0.497 e. The van der Waals surface area contributed by atoms with Gasteiger partial charge >= 0.3 is 0 Å². The van der Waals surface area contributed by atoms with Gasteiger partial charge in [-0.15, -0.1) is 0 Å². The summed E-state index contributed by atoms with van der Waals surface area (Å²) in [6.45, 7) is 7.03. The molecule has 0 unspecified atom stereocenters. The van der Waals surface area contributed by atoms with E-state index in [-0.39, 0.29) is 23.0 Å². The fourth-order valence-corrected chi connectivity index (χ4v) is 5.59. The second-order valence-corrected chi connectivity index (χ2v) is 10.4. The van der Waals surface area contributed by atoms with Gasteiger partial charge in [0.15, 0.2) is 15.0 Å². The molecule has 2 aromatic carbocycles. The molecule has 0 N–H and O–H groups in total. The normalized spacial score (nSPS) is 11.8. The zero-order chi connectivity index (χ0) is 23.1. The molecule has 1 aromatic heterocycles. The van der Waals surface area contributed by atoms with E-state index < -0.39 is 9.84 Å². The van der Waals surface area contributed by atoms with Crippen molar-refractivity contribution < 1.29 is 17.9 Å². The van der Waals surface area contributed by atoms with Crippen LogP contribution in [-0.2, 0) is 14.6 Å². The zero-order valence-corrected chi connectivity index (χ0v) is 20.3. The van der Waals surface area contributed by atoms with Crippen molar-refractivity contribution in [2.45, 2.75) is 25.2 Å². The van der Waals surface area contributed by atoms with Crippen LogP contribution in [0.15, 0.2) is 53.4 Å². The number of ether oxygens (including phenoxy) is 1. The van der Waals surface area contributed by atoms with E-state index in [0.29, 0.717) is 24.0 Å². The molecule has 172 valence electrons. The van der Waals surface area contributed by atoms with Gasteiger partial charge in [-0.25, -0.2) is 13.4 Å². The number of hydrogen-bond donors (Lipinski definition) is 0. The summed E-state index contributed by atoms with van der Waals surface area (Å²) in [5.41, 5.74) is 0.752. The third-order valence-electron chi connectivity index (χ3n) is 5.34. The molecule has 0 saturated heterocycles. The number of anilines is 1. The molecular formula is C23H29N3O4S2. The average molecular weight is 476 g/mol. The zero-order valence-electron chi connectivity index (χ0n) is 18.7. The summed E-state index contributed by atoms with van der Waals surface area (Å²) in [6.07, 6.45) is -0.102. The van der Waals surface area contributed by atoms with E-state index in [1.807, 2.05) is 18.2 Å². The van der Waals surface area contributed by atoms with E-state index in [1.165, 1.54) is 11.3 Å². The molecule has 0 saturated carbocycles. The number of carbonyl (C=O) groups is 1. The van der Waals surface area contributed by atoms with Crippen LogP contribution in [0.4, 0.5) is 5.13 Å². The van der Waals surface area contributed by atoms with Crippen LogP contribution in [0.25, 0.3) is 10.2 Å². The second kappa shape index (κ2) is 10.9. The van der Waals surface area contributed by atoms with Crippen molar-refractivity contribution in [1.29, 1.82) is 0 Å². The summed E-state index contributed by atoms with van der Waals surface area (Å²) in [5, 5.41) is 0.572. The van der Waals surface area contributed by atoms with E-state index >= 15 is 0 Å². The van der Waals surface area contributed by atoms with Crippen LogP contribution in [0, 0.1) is 0 Å². The van der Waals surface area contributed by atoms with Crippen LogP contribution < -0.4 is 9.64 Å². The molecule has 0 bridgehead atoms. The summed E-state index contributed by atoms with van der Waals surface area (Å²) in [5.74, 6) is 0.211. The fourth-order valence-electron chi connectivity index (χ4n) is 3.35. The molecule has 0 spiro atoms. The number of rotatable bonds is 11. The fraction of sp³-hybridized carbons (Fsp3) is 0.391. The van der Waals surface area contributed by atoms with Crippen molar-refractivity contribution in [3.8, 4) is 5.75 Å². The molecule has 0 fully saturated rings. The van der Waals surface area contributed by atoms with Gasteiger partial charge in [0.1, 0.15) is 5.75 Å². The topological polar surface area (TPSA) is 79.8 Å². The van der Waals surface area contributed by atoms with E-state index in [1.54, 1.807) is 42.3 Å². The highest BCUT2D eigenvalue weighted by atomic mass is 32.2. The van der Waals surface area contributed by atoms with Gasteiger partial charge in [0.05, 0.1) is 28.0 Å². The van der Waals surface area contributed by atoms with Gasteiger partial charge in [-0.1, -0.05) is 43.4 Å². The Bertz CT molecular complexity index is 1140. The summed E-state index contributed by atoms with van der Waals surface area (Å²) in [7, 11) is -1.94. The minimum absolute atomic E-state index is 0.102. The lowest BCUT2D eigenvalue weighted by atomic mass is 10.3. The molecule has 0 aliphatic carbocycles. The van der Waals surface area contributed by atoms with Crippen LogP contribution in [0.1, 0.15) is 20.3 Å². The third kappa shape index (κ3) is 5.85. The molecule has 9 heteroatoms. The first-order chi connectivity index (χ1) is 15.4. The number of amides is 1. The number of likely N-dealkylation sites (N-methyl/N-ethyl adjacent to an activating group) is 1. The Hall–Kier alpha value is -2.49. The maximum atomic E-state index is 13.2. The van der Waals surface area contributed by atoms with Crippen molar-refractivity contribution in [2.75, 3.05) is 43.9 Å². The van der Waals surface area contributed by atoms with Crippen LogP contribution in [0.2, 0.25) is 0 Å². The first-order valence-corrected chi connectivity index (χ1v) is 13.1. The van der Waals surface area contributed by atoms with Crippen molar-refractivity contribution in [2.24, 2.45) is 0 Å². The number of thiazole rings is 1. The molecule has 3 aromatic rings. The van der Waals surface area contributed by atoms with Crippen LogP contribution in [-0.4, -0.2) is 63.3 Å². The predicted octanol–water partition coefficient (Wildman–Crippen LogP) is 3.84. The highest BCUT2D eigenvalue weighted by Crippen LogP contribution is 2.31. The first kappa shape index (κ1) is 24.2. The van der Waals surface area contributed by atoms with Crippen LogP contribution >= 0.6 is 11.3 Å². The van der Waals surface area contributed by atoms with E-state index in [2.05, 4.69) is 23.7 Å². The van der Waals surface area contributed by atoms with Gasteiger partial charge in [0.25, 0.3) is 0 Å². The van der Waals surface area contributed by atoms with E-state index in [4.69, 9.17) is 4.74 Å². The van der Waals surface area contributed by atoms with Gasteiger partial charge in [-0.05, 0) is 37.4 Å². The molecule has 0 aliphatic heterocycles. The molecule has 7 nitrogen and oxygen atoms in total. The molecule has 1 amide bonds. The number of benzene rings is 2. The number of sulfone groups is 1. The molecule has 0 aliphatic rings. The SMILES string of the molecule is CCN(CC)CCN(C(=O)CCS(=O)(=O)c1ccccc1)c1nc2cc(OC)ccc2s1. The summed E-state index contributed by atoms with van der Waals surface area (Å²) >= 11 is 1.42. The molecule has 3 rings (SSSR count). The lowest BCUT2D eigenvalue weighted by Gasteiger charge is -2.24. The number of hydrogen-bond acceptors (Lipinski definition) is 7. The van der Waals surface area contributed by atoms with Gasteiger partial charge < -0.3 is 9.64 Å². The Morgan fingerprint density at radius 2 is 1.78 bits per heavy atom. The van der Waals surface area contributed by atoms with Gasteiger partial charge in [0, 0.05) is 25.6 Å². The second-order valence-electron chi connectivity index (χ2n) is 7.28. The van der Waals surface area contributed by atoms with Crippen molar-refractivity contribution in [3.05, 3.63) is 48.5 Å². The Labute approximate surface area is 193 Å². The van der Waals surface area contributed by atoms with E-state index in [9.17, 15) is 13.2 Å². The first-order valence-electron chi connectivity index (χ1n) is 10.6.